The van der Waals surface area contributed by atoms with Crippen molar-refractivity contribution >= 4 is 27.8 Å². The van der Waals surface area contributed by atoms with Gasteiger partial charge in [-0.25, -0.2) is 0 Å². The Hall–Kier alpha value is -1.56. The van der Waals surface area contributed by atoms with Gasteiger partial charge in [0, 0.05) is 17.4 Å². The number of ether oxygens (including phenoxy) is 1. The van der Waals surface area contributed by atoms with Gasteiger partial charge in [0.1, 0.15) is 5.75 Å². The number of unbranched alkanes of at least 4 members (excludes halogenated alkanes) is 4. The van der Waals surface area contributed by atoms with Crippen molar-refractivity contribution < 1.29 is 19.4 Å². The monoisotopic (exact) mass is 371 g/mol. The van der Waals surface area contributed by atoms with Crippen LogP contribution in [0.3, 0.4) is 0 Å². The van der Waals surface area contributed by atoms with Crippen LogP contribution in [-0.2, 0) is 4.79 Å². The van der Waals surface area contributed by atoms with Gasteiger partial charge < -0.3 is 15.2 Å². The summed E-state index contributed by atoms with van der Waals surface area (Å²) in [6.45, 7) is 0.613. The quantitative estimate of drug-likeness (QED) is 0.616. The van der Waals surface area contributed by atoms with Crippen LogP contribution in [-0.4, -0.2) is 30.6 Å². The maximum Gasteiger partial charge on any atom is 0.303 e. The highest BCUT2D eigenvalue weighted by Crippen LogP contribution is 2.22. The number of amides is 1. The maximum atomic E-state index is 12.1. The number of aliphatic carboxylic acids is 1. The van der Waals surface area contributed by atoms with Gasteiger partial charge in [0.2, 0.25) is 0 Å². The molecule has 1 aromatic carbocycles. The summed E-state index contributed by atoms with van der Waals surface area (Å²) in [4.78, 5) is 22.4. The zero-order chi connectivity index (χ0) is 16.4. The Bertz CT molecular complexity index is 505. The number of carboxylic acid groups (broad SMARTS) is 1. The molecule has 22 heavy (non-hydrogen) atoms. The van der Waals surface area contributed by atoms with Crippen molar-refractivity contribution in [1.82, 2.24) is 5.32 Å². The van der Waals surface area contributed by atoms with Crippen LogP contribution in [0.25, 0.3) is 0 Å². The zero-order valence-corrected chi connectivity index (χ0v) is 14.3. The predicted octanol–water partition coefficient (Wildman–Crippen LogP) is 3.61. The third-order valence-corrected chi connectivity index (χ3v) is 3.96. The number of nitrogens with one attached hydrogen (secondary N) is 1. The van der Waals surface area contributed by atoms with Gasteiger partial charge in [-0.15, -0.1) is 0 Å². The summed E-state index contributed by atoms with van der Waals surface area (Å²) in [7, 11) is 1.56. The van der Waals surface area contributed by atoms with E-state index in [1.165, 1.54) is 0 Å². The van der Waals surface area contributed by atoms with E-state index in [0.29, 0.717) is 17.9 Å². The van der Waals surface area contributed by atoms with E-state index in [9.17, 15) is 9.59 Å². The number of carbonyl (C=O) groups is 2. The number of halogens is 1. The molecule has 0 aliphatic carbocycles. The molecule has 5 nitrogen and oxygen atoms in total. The van der Waals surface area contributed by atoms with Crippen molar-refractivity contribution in [3.8, 4) is 5.75 Å². The van der Waals surface area contributed by atoms with Gasteiger partial charge >= 0.3 is 5.97 Å². The molecule has 1 amide bonds. The lowest BCUT2D eigenvalue weighted by Gasteiger charge is -2.08. The lowest BCUT2D eigenvalue weighted by Crippen LogP contribution is -2.24. The fraction of sp³-hybridized carbons (Fsp3) is 0.500. The highest BCUT2D eigenvalue weighted by molar-refractivity contribution is 9.10. The molecule has 6 heteroatoms. The molecule has 0 fully saturated rings. The van der Waals surface area contributed by atoms with E-state index in [1.807, 2.05) is 0 Å². The Kier molecular flexibility index (Phi) is 8.58. The number of hydrogen-bond donors (Lipinski definition) is 2. The Morgan fingerprint density at radius 3 is 2.55 bits per heavy atom. The van der Waals surface area contributed by atoms with Crippen LogP contribution in [0.5, 0.6) is 5.75 Å². The molecule has 0 unspecified atom stereocenters. The third-order valence-electron chi connectivity index (χ3n) is 3.27. The molecule has 0 spiro atoms. The van der Waals surface area contributed by atoms with E-state index >= 15 is 0 Å². The van der Waals surface area contributed by atoms with E-state index in [2.05, 4.69) is 21.2 Å². The Morgan fingerprint density at radius 2 is 1.86 bits per heavy atom. The van der Waals surface area contributed by atoms with Gasteiger partial charge in [0.05, 0.1) is 12.7 Å². The molecule has 0 atom stereocenters. The van der Waals surface area contributed by atoms with Crippen molar-refractivity contribution in [3.63, 3.8) is 0 Å². The van der Waals surface area contributed by atoms with Gasteiger partial charge in [-0.1, -0.05) is 19.3 Å². The summed E-state index contributed by atoms with van der Waals surface area (Å²) in [5, 5.41) is 11.4. The van der Waals surface area contributed by atoms with E-state index in [4.69, 9.17) is 9.84 Å². The van der Waals surface area contributed by atoms with Gasteiger partial charge in [-0.2, -0.15) is 0 Å². The van der Waals surface area contributed by atoms with Crippen LogP contribution in [0.2, 0.25) is 0 Å². The zero-order valence-electron chi connectivity index (χ0n) is 12.7. The van der Waals surface area contributed by atoms with Crippen molar-refractivity contribution in [1.29, 1.82) is 0 Å². The topological polar surface area (TPSA) is 75.6 Å². The molecular formula is C16H22BrNO4. The average Bonchev–Trinajstić information content (AvgIpc) is 2.49. The Labute approximate surface area is 139 Å². The molecule has 0 aliphatic rings. The van der Waals surface area contributed by atoms with Crippen molar-refractivity contribution in [2.45, 2.75) is 38.5 Å². The maximum absolute atomic E-state index is 12.1. The molecule has 1 rings (SSSR count). The second-order valence-corrected chi connectivity index (χ2v) is 5.87. The molecule has 0 radical (unpaired) electrons. The first-order valence-electron chi connectivity index (χ1n) is 7.38. The standard InChI is InChI=1S/C16H22BrNO4/c1-22-12-8-9-14(17)13(11-12)16(21)18-10-6-4-2-3-5-7-15(19)20/h8-9,11H,2-7,10H2,1H3,(H,18,21)(H,19,20). The second kappa shape index (κ2) is 10.2. The normalized spacial score (nSPS) is 10.3. The fourth-order valence-electron chi connectivity index (χ4n) is 2.03. The van der Waals surface area contributed by atoms with Crippen LogP contribution in [0.4, 0.5) is 0 Å². The summed E-state index contributed by atoms with van der Waals surface area (Å²) in [5.74, 6) is -0.223. The average molecular weight is 372 g/mol. The highest BCUT2D eigenvalue weighted by atomic mass is 79.9. The van der Waals surface area contributed by atoms with Crippen molar-refractivity contribution in [2.75, 3.05) is 13.7 Å². The van der Waals surface area contributed by atoms with Gasteiger partial charge in [-0.05, 0) is 47.0 Å². The van der Waals surface area contributed by atoms with E-state index in [0.717, 1.165) is 36.6 Å². The molecule has 0 aliphatic heterocycles. The highest BCUT2D eigenvalue weighted by Gasteiger charge is 2.10. The minimum atomic E-state index is -0.740. The van der Waals surface area contributed by atoms with E-state index in [1.54, 1.807) is 25.3 Å². The molecular weight excluding hydrogens is 350 g/mol. The molecule has 1 aromatic rings. The lowest BCUT2D eigenvalue weighted by atomic mass is 10.1. The number of methoxy groups -OCH3 is 1. The first-order chi connectivity index (χ1) is 10.5. The minimum Gasteiger partial charge on any atom is -0.497 e. The number of carboxylic acids is 1. The third kappa shape index (κ3) is 6.93. The van der Waals surface area contributed by atoms with Crippen molar-refractivity contribution in [2.24, 2.45) is 0 Å². The lowest BCUT2D eigenvalue weighted by molar-refractivity contribution is -0.137. The largest absolute Gasteiger partial charge is 0.497 e. The van der Waals surface area contributed by atoms with Crippen LogP contribution in [0, 0.1) is 0 Å². The summed E-state index contributed by atoms with van der Waals surface area (Å²) in [5.41, 5.74) is 0.556. The molecule has 0 heterocycles. The summed E-state index contributed by atoms with van der Waals surface area (Å²) < 4.78 is 5.85. The number of hydrogen-bond acceptors (Lipinski definition) is 3. The van der Waals surface area contributed by atoms with Crippen LogP contribution in [0.15, 0.2) is 22.7 Å². The van der Waals surface area contributed by atoms with Crippen molar-refractivity contribution in [3.05, 3.63) is 28.2 Å². The smallest absolute Gasteiger partial charge is 0.303 e. The molecule has 0 saturated heterocycles. The van der Waals surface area contributed by atoms with E-state index < -0.39 is 5.97 Å². The van der Waals surface area contributed by atoms with Crippen LogP contribution in [0.1, 0.15) is 48.9 Å². The predicted molar refractivity (Wildman–Crippen MR) is 88.4 cm³/mol. The molecule has 122 valence electrons. The van der Waals surface area contributed by atoms with E-state index in [-0.39, 0.29) is 12.3 Å². The van der Waals surface area contributed by atoms with Gasteiger partial charge in [0.25, 0.3) is 5.91 Å². The summed E-state index contributed by atoms with van der Waals surface area (Å²) >= 11 is 3.36. The van der Waals surface area contributed by atoms with Crippen LogP contribution < -0.4 is 10.1 Å². The number of rotatable bonds is 10. The Balaban J connectivity index is 2.22. The number of carbonyl (C=O) groups excluding carboxylic acids is 1. The fourth-order valence-corrected chi connectivity index (χ4v) is 2.46. The first kappa shape index (κ1) is 18.5. The van der Waals surface area contributed by atoms with Gasteiger partial charge in [-0.3, -0.25) is 9.59 Å². The first-order valence-corrected chi connectivity index (χ1v) is 8.17. The molecule has 0 aromatic heterocycles. The van der Waals surface area contributed by atoms with Gasteiger partial charge in [0.15, 0.2) is 0 Å². The second-order valence-electron chi connectivity index (χ2n) is 5.01. The molecule has 2 N–H and O–H groups in total. The number of benzene rings is 1. The molecule has 0 saturated carbocycles. The summed E-state index contributed by atoms with van der Waals surface area (Å²) in [6, 6.07) is 5.28. The summed E-state index contributed by atoms with van der Waals surface area (Å²) in [6.07, 6.45) is 4.74. The van der Waals surface area contributed by atoms with Crippen LogP contribution >= 0.6 is 15.9 Å². The minimum absolute atomic E-state index is 0.128. The molecule has 0 bridgehead atoms. The Morgan fingerprint density at radius 1 is 1.18 bits per heavy atom. The SMILES string of the molecule is COc1ccc(Br)c(C(=O)NCCCCCCCC(=O)O)c1.